The van der Waals surface area contributed by atoms with Crippen LogP contribution in [0.4, 0.5) is 0 Å². The van der Waals surface area contributed by atoms with Gasteiger partial charge in [-0.2, -0.15) is 0 Å². The van der Waals surface area contributed by atoms with E-state index in [1.54, 1.807) is 18.2 Å². The van der Waals surface area contributed by atoms with Crippen molar-refractivity contribution in [1.29, 1.82) is 0 Å². The van der Waals surface area contributed by atoms with Crippen molar-refractivity contribution in [3.05, 3.63) is 170 Å². The molecule has 0 bridgehead atoms. The minimum Gasteiger partial charge on any atom is -0.455 e. The van der Waals surface area contributed by atoms with E-state index in [2.05, 4.69) is 0 Å². The third-order valence-corrected chi connectivity index (χ3v) is 8.45. The number of fused-ring (bicyclic) bond motifs is 5. The molecule has 0 fully saturated rings. The molecular weight excluding hydrogens is 544 g/mol. The highest BCUT2D eigenvalue weighted by atomic mass is 16.3. The molecule has 1 heteroatoms. The Bertz CT molecular complexity index is 3000. The summed E-state index contributed by atoms with van der Waals surface area (Å²) in [4.78, 5) is 0. The van der Waals surface area contributed by atoms with E-state index in [9.17, 15) is 0 Å². The van der Waals surface area contributed by atoms with Crippen molar-refractivity contribution in [2.45, 2.75) is 0 Å². The molecule has 45 heavy (non-hydrogen) atoms. The van der Waals surface area contributed by atoms with Gasteiger partial charge >= 0.3 is 0 Å². The van der Waals surface area contributed by atoms with Crippen LogP contribution in [0.3, 0.4) is 0 Å². The average Bonchev–Trinajstić information content (AvgIpc) is 3.59. The Morgan fingerprint density at radius 1 is 0.378 bits per heavy atom. The second-order valence-electron chi connectivity index (χ2n) is 10.9. The fraction of sp³-hybridized carbons (Fsp3) is 0. The molecule has 0 saturated heterocycles. The van der Waals surface area contributed by atoms with Gasteiger partial charge in [-0.05, 0) is 72.6 Å². The summed E-state index contributed by atoms with van der Waals surface area (Å²) >= 11 is 0. The van der Waals surface area contributed by atoms with Crippen molar-refractivity contribution >= 4 is 43.5 Å². The van der Waals surface area contributed by atoms with Crippen LogP contribution in [-0.2, 0) is 0 Å². The lowest BCUT2D eigenvalue weighted by Gasteiger charge is -2.19. The molecule has 0 spiro atoms. The van der Waals surface area contributed by atoms with Crippen LogP contribution in [0.2, 0.25) is 0 Å². The lowest BCUT2D eigenvalue weighted by Crippen LogP contribution is -1.92. The average molecular weight is 583 g/mol. The summed E-state index contributed by atoms with van der Waals surface area (Å²) < 4.78 is 90.9. The number of hydrogen-bond donors (Lipinski definition) is 0. The molecule has 0 atom stereocenters. The van der Waals surface area contributed by atoms with Crippen molar-refractivity contribution in [3.8, 4) is 44.5 Å². The molecule has 210 valence electrons. The molecule has 9 aromatic rings. The predicted octanol–water partition coefficient (Wildman–Crippen LogP) is 12.6. The zero-order valence-corrected chi connectivity index (χ0v) is 23.8. The van der Waals surface area contributed by atoms with E-state index in [1.165, 1.54) is 0 Å². The minimum absolute atomic E-state index is 0.0762. The molecule has 0 unspecified atom stereocenters. The van der Waals surface area contributed by atoms with Crippen LogP contribution in [-0.4, -0.2) is 0 Å². The largest absolute Gasteiger partial charge is 0.455 e. The Hall–Kier alpha value is -5.92. The molecule has 0 aliphatic rings. The van der Waals surface area contributed by atoms with Gasteiger partial charge in [-0.25, -0.2) is 0 Å². The molecule has 8 aromatic carbocycles. The Morgan fingerprint density at radius 2 is 0.889 bits per heavy atom. The van der Waals surface area contributed by atoms with E-state index >= 15 is 0 Å². The maximum absolute atomic E-state index is 8.80. The maximum atomic E-state index is 8.80. The van der Waals surface area contributed by atoms with E-state index in [-0.39, 0.29) is 35.3 Å². The van der Waals surface area contributed by atoms with Crippen LogP contribution >= 0.6 is 0 Å². The molecule has 0 amide bonds. The second-order valence-corrected chi connectivity index (χ2v) is 10.9. The Kier molecular flexibility index (Phi) is 4.01. The highest BCUT2D eigenvalue weighted by Crippen LogP contribution is 2.47. The lowest BCUT2D eigenvalue weighted by molar-refractivity contribution is 0.670. The topological polar surface area (TPSA) is 13.1 Å². The van der Waals surface area contributed by atoms with Crippen molar-refractivity contribution in [2.24, 2.45) is 0 Å². The predicted molar refractivity (Wildman–Crippen MR) is 190 cm³/mol. The zero-order valence-electron chi connectivity index (χ0n) is 33.8. The summed E-state index contributed by atoms with van der Waals surface area (Å²) in [5.41, 5.74) is 5.55. The highest BCUT2D eigenvalue weighted by Gasteiger charge is 2.20. The van der Waals surface area contributed by atoms with Gasteiger partial charge in [0, 0.05) is 16.3 Å². The summed E-state index contributed by atoms with van der Waals surface area (Å²) in [5.74, 6) is 0. The van der Waals surface area contributed by atoms with Crippen molar-refractivity contribution in [1.82, 2.24) is 0 Å². The normalized spacial score (nSPS) is 14.7. The van der Waals surface area contributed by atoms with Gasteiger partial charge in [0.2, 0.25) is 0 Å². The number of benzene rings is 8. The highest BCUT2D eigenvalue weighted by molar-refractivity contribution is 6.23. The molecule has 9 rings (SSSR count). The van der Waals surface area contributed by atoms with E-state index in [1.807, 2.05) is 91.0 Å². The summed E-state index contributed by atoms with van der Waals surface area (Å²) in [6.07, 6.45) is 0. The number of hydrogen-bond acceptors (Lipinski definition) is 1. The van der Waals surface area contributed by atoms with Crippen LogP contribution in [0.1, 0.15) is 13.7 Å². The first-order chi connectivity index (χ1) is 26.5. The SMILES string of the molecule is [2H]c1c([2H])c([2H])c(-c2ccccc2-c2c3ccccc3c(-c3ccc4c(c3)oc3c(-c5c([2H])c([2H])c([2H])c([2H])c5[2H])cccc34)c3ccccc23)c([2H])c1[2H]. The van der Waals surface area contributed by atoms with Gasteiger partial charge in [0.1, 0.15) is 11.2 Å². The number of furan rings is 1. The van der Waals surface area contributed by atoms with Gasteiger partial charge < -0.3 is 4.42 Å². The molecule has 0 aliphatic heterocycles. The molecule has 1 nitrogen and oxygen atoms in total. The van der Waals surface area contributed by atoms with Crippen LogP contribution < -0.4 is 0 Å². The van der Waals surface area contributed by atoms with Gasteiger partial charge in [0.05, 0.1) is 13.7 Å². The molecule has 0 saturated carbocycles. The Balaban J connectivity index is 1.31. The summed E-state index contributed by atoms with van der Waals surface area (Å²) in [5, 5.41) is 5.24. The van der Waals surface area contributed by atoms with Crippen molar-refractivity contribution < 1.29 is 18.1 Å². The molecule has 0 N–H and O–H groups in total. The van der Waals surface area contributed by atoms with Crippen LogP contribution in [0.15, 0.2) is 174 Å². The maximum Gasteiger partial charge on any atom is 0.143 e. The molecule has 0 radical (unpaired) electrons. The van der Waals surface area contributed by atoms with Crippen molar-refractivity contribution in [2.75, 3.05) is 0 Å². The van der Waals surface area contributed by atoms with Gasteiger partial charge in [-0.3, -0.25) is 0 Å². The minimum atomic E-state index is -0.455. The van der Waals surface area contributed by atoms with E-state index < -0.39 is 36.3 Å². The number of para-hydroxylation sites is 1. The summed E-state index contributed by atoms with van der Waals surface area (Å²) in [6.45, 7) is 0. The quantitative estimate of drug-likeness (QED) is 0.188. The van der Waals surface area contributed by atoms with E-state index in [0.29, 0.717) is 22.3 Å². The Labute approximate surface area is 275 Å². The lowest BCUT2D eigenvalue weighted by atomic mass is 9.84. The van der Waals surface area contributed by atoms with E-state index in [0.717, 1.165) is 54.6 Å². The number of rotatable bonds is 4. The van der Waals surface area contributed by atoms with Crippen LogP contribution in [0.5, 0.6) is 0 Å². The second kappa shape index (κ2) is 10.4. The third kappa shape index (κ3) is 4.09. The fourth-order valence-corrected chi connectivity index (χ4v) is 6.57. The van der Waals surface area contributed by atoms with Gasteiger partial charge in [-0.15, -0.1) is 0 Å². The third-order valence-electron chi connectivity index (χ3n) is 8.45. The fourth-order valence-electron chi connectivity index (χ4n) is 6.57. The summed E-state index contributed by atoms with van der Waals surface area (Å²) in [6, 6.07) is 31.2. The monoisotopic (exact) mass is 582 g/mol. The summed E-state index contributed by atoms with van der Waals surface area (Å²) in [7, 11) is 0. The van der Waals surface area contributed by atoms with E-state index in [4.69, 9.17) is 18.1 Å². The standard InChI is InChI=1S/C44H28O/c1-3-14-29(15-4-1)32-18-7-8-19-35(32)43-38-22-11-9-20-36(38)42(37-21-10-12-23-39(37)43)31-26-27-34-40-25-13-24-33(30-16-5-2-6-17-30)44(40)45-41(34)28-31/h1-28H/i1D,2D,3D,4D,5D,6D,14D,15D,16D,17D. The van der Waals surface area contributed by atoms with Gasteiger partial charge in [-0.1, -0.05) is 157 Å². The van der Waals surface area contributed by atoms with Gasteiger partial charge in [0.15, 0.2) is 0 Å². The Morgan fingerprint density at radius 3 is 1.53 bits per heavy atom. The van der Waals surface area contributed by atoms with Gasteiger partial charge in [0.25, 0.3) is 0 Å². The zero-order chi connectivity index (χ0) is 38.4. The molecule has 1 heterocycles. The molecular formula is C44H28O. The van der Waals surface area contributed by atoms with Crippen molar-refractivity contribution in [3.63, 3.8) is 0 Å². The van der Waals surface area contributed by atoms with Crippen LogP contribution in [0, 0.1) is 0 Å². The molecule has 0 aliphatic carbocycles. The first kappa shape index (κ1) is 17.4. The first-order valence-electron chi connectivity index (χ1n) is 19.6. The molecule has 1 aromatic heterocycles. The van der Waals surface area contributed by atoms with Crippen LogP contribution in [0.25, 0.3) is 88.0 Å². The smallest absolute Gasteiger partial charge is 0.143 e. The first-order valence-corrected chi connectivity index (χ1v) is 14.6.